The number of carbonyl (C=O) groups is 1. The molecule has 3 rings (SSSR count). The average molecular weight is 439 g/mol. The number of carbonyl (C=O) groups excluding carboxylic acids is 1. The second-order valence-corrected chi connectivity index (χ2v) is 8.27. The zero-order valence-electron chi connectivity index (χ0n) is 16.7. The minimum atomic E-state index is -1.22. The van der Waals surface area contributed by atoms with Crippen LogP contribution in [0.4, 0.5) is 5.69 Å². The summed E-state index contributed by atoms with van der Waals surface area (Å²) < 4.78 is 5.20. The quantitative estimate of drug-likeness (QED) is 0.722. The number of thioether (sulfide) groups is 1. The molecule has 3 atom stereocenters. The molecule has 0 fully saturated rings. The Morgan fingerprint density at radius 2 is 1.83 bits per heavy atom. The van der Waals surface area contributed by atoms with Gasteiger partial charge in [-0.15, -0.1) is 24.2 Å². The molecule has 1 aliphatic heterocycles. The predicted molar refractivity (Wildman–Crippen MR) is 118 cm³/mol. The zero-order chi connectivity index (χ0) is 20.3. The van der Waals surface area contributed by atoms with Crippen LogP contribution in [0.5, 0.6) is 5.75 Å². The molecule has 6 nitrogen and oxygen atoms in total. The van der Waals surface area contributed by atoms with E-state index in [1.807, 2.05) is 67.5 Å². The third-order valence-corrected chi connectivity index (χ3v) is 6.01. The van der Waals surface area contributed by atoms with E-state index < -0.39 is 23.4 Å². The van der Waals surface area contributed by atoms with Crippen LogP contribution in [-0.4, -0.2) is 67.5 Å². The molecule has 1 amide bonds. The van der Waals surface area contributed by atoms with E-state index in [9.17, 15) is 15.0 Å². The largest absolute Gasteiger partial charge is 0.497 e. The van der Waals surface area contributed by atoms with Crippen molar-refractivity contribution in [2.75, 3.05) is 39.2 Å². The number of likely N-dealkylation sites (N-methyl/N-ethyl adjacent to an activating group) is 1. The summed E-state index contributed by atoms with van der Waals surface area (Å²) in [6.45, 7) is 0.554. The van der Waals surface area contributed by atoms with Crippen molar-refractivity contribution < 1.29 is 19.7 Å². The first-order chi connectivity index (χ1) is 13.4. The molecule has 1 heterocycles. The Kier molecular flexibility index (Phi) is 8.36. The second kappa shape index (κ2) is 10.3. The van der Waals surface area contributed by atoms with Gasteiger partial charge < -0.3 is 24.7 Å². The van der Waals surface area contributed by atoms with Gasteiger partial charge in [0.25, 0.3) is 5.91 Å². The first kappa shape index (κ1) is 23.5. The van der Waals surface area contributed by atoms with Crippen molar-refractivity contribution in [2.24, 2.45) is 0 Å². The summed E-state index contributed by atoms with van der Waals surface area (Å²) in [7, 11) is 5.33. The number of rotatable bonds is 6. The number of anilines is 1. The van der Waals surface area contributed by atoms with Crippen LogP contribution in [0.3, 0.4) is 0 Å². The van der Waals surface area contributed by atoms with E-state index in [4.69, 9.17) is 4.74 Å². The molecular weight excluding hydrogens is 412 g/mol. The van der Waals surface area contributed by atoms with Gasteiger partial charge in [-0.25, -0.2) is 0 Å². The van der Waals surface area contributed by atoms with E-state index in [2.05, 4.69) is 0 Å². The van der Waals surface area contributed by atoms with Gasteiger partial charge in [-0.05, 0) is 43.9 Å². The molecule has 29 heavy (non-hydrogen) atoms. The van der Waals surface area contributed by atoms with Crippen LogP contribution in [0.15, 0.2) is 53.4 Å². The maximum atomic E-state index is 13.1. The molecule has 2 aromatic carbocycles. The van der Waals surface area contributed by atoms with E-state index in [1.54, 1.807) is 7.11 Å². The molecule has 0 spiro atoms. The minimum absolute atomic E-state index is 0. The Labute approximate surface area is 181 Å². The highest BCUT2D eigenvalue weighted by Gasteiger charge is 2.37. The third-order valence-electron chi connectivity index (χ3n) is 4.63. The standard InChI is InChI=1S/C21H26N2O4S.ClH/c1-22(2)12-15(24)13-23-17-6-4-5-7-18(17)28-20(19(25)21(23)26)14-8-10-16(27-3)11-9-14;/h4-11,15,19-20,24-25H,12-13H2,1-3H3;1H/t15?,19-,20+;/m0./s1. The van der Waals surface area contributed by atoms with Crippen molar-refractivity contribution in [3.05, 3.63) is 54.1 Å². The fraction of sp³-hybridized carbons (Fsp3) is 0.381. The van der Waals surface area contributed by atoms with Crippen LogP contribution in [0.1, 0.15) is 10.8 Å². The molecule has 0 radical (unpaired) electrons. The predicted octanol–water partition coefficient (Wildman–Crippen LogP) is 2.58. The lowest BCUT2D eigenvalue weighted by atomic mass is 10.1. The summed E-state index contributed by atoms with van der Waals surface area (Å²) in [5.74, 6) is 0.313. The minimum Gasteiger partial charge on any atom is -0.497 e. The zero-order valence-corrected chi connectivity index (χ0v) is 18.3. The van der Waals surface area contributed by atoms with E-state index >= 15 is 0 Å². The summed E-state index contributed by atoms with van der Waals surface area (Å²) in [6.07, 6.45) is -1.95. The van der Waals surface area contributed by atoms with Crippen molar-refractivity contribution in [1.29, 1.82) is 0 Å². The summed E-state index contributed by atoms with van der Waals surface area (Å²) >= 11 is 1.46. The van der Waals surface area contributed by atoms with Crippen molar-refractivity contribution in [3.63, 3.8) is 0 Å². The van der Waals surface area contributed by atoms with Crippen molar-refractivity contribution in [2.45, 2.75) is 22.4 Å². The van der Waals surface area contributed by atoms with E-state index in [0.717, 1.165) is 16.2 Å². The molecule has 2 aromatic rings. The number of methoxy groups -OCH3 is 1. The van der Waals surface area contributed by atoms with Gasteiger partial charge in [-0.2, -0.15) is 0 Å². The van der Waals surface area contributed by atoms with Crippen molar-refractivity contribution in [3.8, 4) is 5.75 Å². The monoisotopic (exact) mass is 438 g/mol. The van der Waals surface area contributed by atoms with E-state index in [1.165, 1.54) is 16.7 Å². The van der Waals surface area contributed by atoms with Gasteiger partial charge in [-0.3, -0.25) is 4.79 Å². The third kappa shape index (κ3) is 5.43. The molecule has 0 saturated carbocycles. The Bertz CT molecular complexity index is 819. The highest BCUT2D eigenvalue weighted by atomic mass is 35.5. The van der Waals surface area contributed by atoms with Crippen molar-refractivity contribution in [1.82, 2.24) is 4.90 Å². The Morgan fingerprint density at radius 3 is 2.45 bits per heavy atom. The fourth-order valence-electron chi connectivity index (χ4n) is 3.31. The molecule has 1 unspecified atom stereocenters. The Morgan fingerprint density at radius 1 is 1.17 bits per heavy atom. The lowest BCUT2D eigenvalue weighted by Crippen LogP contribution is -2.46. The highest BCUT2D eigenvalue weighted by molar-refractivity contribution is 7.99. The maximum Gasteiger partial charge on any atom is 0.257 e. The number of amides is 1. The molecule has 0 bridgehead atoms. The molecule has 0 saturated heterocycles. The first-order valence-corrected chi connectivity index (χ1v) is 10.0. The maximum absolute atomic E-state index is 13.1. The number of para-hydroxylation sites is 1. The lowest BCUT2D eigenvalue weighted by molar-refractivity contribution is -0.127. The normalized spacial score (nSPS) is 19.9. The fourth-order valence-corrected chi connectivity index (χ4v) is 4.58. The number of hydrogen-bond acceptors (Lipinski definition) is 6. The van der Waals surface area contributed by atoms with Crippen LogP contribution in [0.2, 0.25) is 0 Å². The number of benzene rings is 2. The Hall–Kier alpha value is -1.77. The number of hydrogen-bond donors (Lipinski definition) is 2. The van der Waals surface area contributed by atoms with Gasteiger partial charge in [-0.1, -0.05) is 24.3 Å². The molecule has 8 heteroatoms. The summed E-state index contributed by atoms with van der Waals surface area (Å²) in [5, 5.41) is 20.8. The molecule has 0 aromatic heterocycles. The van der Waals surface area contributed by atoms with Gasteiger partial charge in [0.15, 0.2) is 0 Å². The van der Waals surface area contributed by atoms with Gasteiger partial charge in [0.1, 0.15) is 11.9 Å². The molecule has 2 N–H and O–H groups in total. The van der Waals surface area contributed by atoms with Crippen LogP contribution in [0, 0.1) is 0 Å². The lowest BCUT2D eigenvalue weighted by Gasteiger charge is -2.28. The van der Waals surface area contributed by atoms with Crippen molar-refractivity contribution >= 4 is 35.8 Å². The summed E-state index contributed by atoms with van der Waals surface area (Å²) in [4.78, 5) is 17.4. The second-order valence-electron chi connectivity index (χ2n) is 7.09. The number of fused-ring (bicyclic) bond motifs is 1. The number of aliphatic hydroxyl groups is 2. The van der Waals surface area contributed by atoms with Gasteiger partial charge in [0, 0.05) is 11.4 Å². The topological polar surface area (TPSA) is 73.2 Å². The number of ether oxygens (including phenoxy) is 1. The van der Waals surface area contributed by atoms with Crippen LogP contribution >= 0.6 is 24.2 Å². The average Bonchev–Trinajstić information content (AvgIpc) is 2.78. The molecular formula is C21H27ClN2O4S. The number of aliphatic hydroxyl groups excluding tert-OH is 2. The number of β-amino-alcohol motifs (C(OH)–C–C–N with tert-alkyl or cyclic N) is 1. The number of nitrogens with zero attached hydrogens (tertiary/aromatic N) is 2. The van der Waals surface area contributed by atoms with Gasteiger partial charge >= 0.3 is 0 Å². The van der Waals surface area contributed by atoms with E-state index in [-0.39, 0.29) is 19.0 Å². The molecule has 158 valence electrons. The molecule has 0 aliphatic carbocycles. The van der Waals surface area contributed by atoms with E-state index in [0.29, 0.717) is 12.2 Å². The Balaban J connectivity index is 0.00000300. The van der Waals surface area contributed by atoms with Gasteiger partial charge in [0.05, 0.1) is 30.7 Å². The highest BCUT2D eigenvalue weighted by Crippen LogP contribution is 2.45. The van der Waals surface area contributed by atoms with Gasteiger partial charge in [0.2, 0.25) is 0 Å². The van der Waals surface area contributed by atoms with Crippen LogP contribution in [0.25, 0.3) is 0 Å². The number of halogens is 1. The smallest absolute Gasteiger partial charge is 0.257 e. The summed E-state index contributed by atoms with van der Waals surface area (Å²) in [6, 6.07) is 14.9. The molecule has 1 aliphatic rings. The summed E-state index contributed by atoms with van der Waals surface area (Å²) in [5.41, 5.74) is 1.56. The SMILES string of the molecule is COc1ccc([C@H]2Sc3ccccc3N(CC(O)CN(C)C)C(=O)[C@H]2O)cc1.Cl. The van der Waals surface area contributed by atoms with Crippen LogP contribution in [-0.2, 0) is 4.79 Å². The van der Waals surface area contributed by atoms with Crippen LogP contribution < -0.4 is 9.64 Å². The first-order valence-electron chi connectivity index (χ1n) is 9.12.